The zero-order valence-corrected chi connectivity index (χ0v) is 9.25. The first-order valence-corrected chi connectivity index (χ1v) is 5.00. The van der Waals surface area contributed by atoms with Crippen molar-refractivity contribution in [2.45, 2.75) is 25.8 Å². The summed E-state index contributed by atoms with van der Waals surface area (Å²) in [6, 6.07) is 0. The Morgan fingerprint density at radius 1 is 1.64 bits per heavy atom. The largest absolute Gasteiger partial charge is 0.384 e. The van der Waals surface area contributed by atoms with Gasteiger partial charge in [-0.15, -0.1) is 0 Å². The maximum Gasteiger partial charge on any atom is 0.223 e. The van der Waals surface area contributed by atoms with Gasteiger partial charge in [-0.2, -0.15) is 0 Å². The average Bonchev–Trinajstić information content (AvgIpc) is 2.00. The SMILES string of the molecule is COCC(C)CC(=O)N1CC(C)(N)C1. The predicted molar refractivity (Wildman–Crippen MR) is 54.8 cm³/mol. The lowest BCUT2D eigenvalue weighted by atomic mass is 9.92. The van der Waals surface area contributed by atoms with Gasteiger partial charge in [0.2, 0.25) is 5.91 Å². The highest BCUT2D eigenvalue weighted by molar-refractivity contribution is 5.77. The number of hydrogen-bond acceptors (Lipinski definition) is 3. The van der Waals surface area contributed by atoms with Crippen molar-refractivity contribution in [3.8, 4) is 0 Å². The number of nitrogens with zero attached hydrogens (tertiary/aromatic N) is 1. The maximum absolute atomic E-state index is 11.6. The number of amides is 1. The monoisotopic (exact) mass is 200 g/mol. The standard InChI is InChI=1S/C10H20N2O2/c1-8(5-14-3)4-9(13)12-6-10(2,11)7-12/h8H,4-7,11H2,1-3H3. The van der Waals surface area contributed by atoms with E-state index in [0.29, 0.717) is 26.1 Å². The first-order chi connectivity index (χ1) is 6.44. The minimum atomic E-state index is -0.167. The molecule has 1 atom stereocenters. The number of carbonyl (C=O) groups excluding carboxylic acids is 1. The van der Waals surface area contributed by atoms with Gasteiger partial charge < -0.3 is 15.4 Å². The number of hydrogen-bond donors (Lipinski definition) is 1. The number of methoxy groups -OCH3 is 1. The molecule has 1 fully saturated rings. The molecule has 1 aliphatic heterocycles. The van der Waals surface area contributed by atoms with Gasteiger partial charge in [0.25, 0.3) is 0 Å². The van der Waals surface area contributed by atoms with Gasteiger partial charge in [-0.05, 0) is 12.8 Å². The molecule has 82 valence electrons. The molecule has 4 nitrogen and oxygen atoms in total. The van der Waals surface area contributed by atoms with Crippen LogP contribution >= 0.6 is 0 Å². The molecule has 1 saturated heterocycles. The lowest BCUT2D eigenvalue weighted by Gasteiger charge is -2.45. The Balaban J connectivity index is 2.24. The minimum absolute atomic E-state index is 0.167. The van der Waals surface area contributed by atoms with Gasteiger partial charge in [0.05, 0.1) is 0 Å². The highest BCUT2D eigenvalue weighted by atomic mass is 16.5. The third-order valence-corrected chi connectivity index (χ3v) is 2.43. The first-order valence-electron chi connectivity index (χ1n) is 5.00. The highest BCUT2D eigenvalue weighted by Gasteiger charge is 2.37. The van der Waals surface area contributed by atoms with Crippen LogP contribution in [0, 0.1) is 5.92 Å². The second-order valence-electron chi connectivity index (χ2n) is 4.67. The maximum atomic E-state index is 11.6. The summed E-state index contributed by atoms with van der Waals surface area (Å²) in [6.45, 7) is 5.99. The van der Waals surface area contributed by atoms with Gasteiger partial charge in [-0.25, -0.2) is 0 Å². The fraction of sp³-hybridized carbons (Fsp3) is 0.900. The number of rotatable bonds is 4. The molecule has 0 aromatic carbocycles. The molecule has 0 saturated carbocycles. The summed E-state index contributed by atoms with van der Waals surface area (Å²) < 4.78 is 4.98. The lowest BCUT2D eigenvalue weighted by molar-refractivity contribution is -0.139. The molecule has 0 aromatic heterocycles. The molecule has 1 heterocycles. The van der Waals surface area contributed by atoms with E-state index in [4.69, 9.17) is 10.5 Å². The van der Waals surface area contributed by atoms with E-state index in [1.54, 1.807) is 7.11 Å². The smallest absolute Gasteiger partial charge is 0.223 e. The van der Waals surface area contributed by atoms with Gasteiger partial charge in [0, 0.05) is 38.8 Å². The third kappa shape index (κ3) is 2.96. The molecule has 0 spiro atoms. The zero-order valence-electron chi connectivity index (χ0n) is 9.25. The molecule has 0 aromatic rings. The molecule has 4 heteroatoms. The Morgan fingerprint density at radius 2 is 2.21 bits per heavy atom. The van der Waals surface area contributed by atoms with E-state index in [-0.39, 0.29) is 17.4 Å². The summed E-state index contributed by atoms with van der Waals surface area (Å²) in [4.78, 5) is 13.4. The van der Waals surface area contributed by atoms with Gasteiger partial charge in [-0.1, -0.05) is 6.92 Å². The summed E-state index contributed by atoms with van der Waals surface area (Å²) in [5.41, 5.74) is 5.65. The van der Waals surface area contributed by atoms with Crippen LogP contribution in [-0.2, 0) is 9.53 Å². The number of carbonyl (C=O) groups is 1. The zero-order chi connectivity index (χ0) is 10.8. The van der Waals surface area contributed by atoms with Crippen molar-refractivity contribution in [2.24, 2.45) is 11.7 Å². The average molecular weight is 200 g/mol. The Bertz CT molecular complexity index is 208. The minimum Gasteiger partial charge on any atom is -0.384 e. The van der Waals surface area contributed by atoms with Crippen LogP contribution < -0.4 is 5.73 Å². The topological polar surface area (TPSA) is 55.6 Å². The van der Waals surface area contributed by atoms with Crippen LogP contribution in [0.4, 0.5) is 0 Å². The van der Waals surface area contributed by atoms with Crippen LogP contribution in [0.25, 0.3) is 0 Å². The molecule has 0 bridgehead atoms. The fourth-order valence-corrected chi connectivity index (χ4v) is 1.77. The molecule has 0 aliphatic carbocycles. The van der Waals surface area contributed by atoms with Crippen LogP contribution in [0.1, 0.15) is 20.3 Å². The Morgan fingerprint density at radius 3 is 2.64 bits per heavy atom. The van der Waals surface area contributed by atoms with Gasteiger partial charge >= 0.3 is 0 Å². The molecule has 1 amide bonds. The van der Waals surface area contributed by atoms with Crippen LogP contribution in [0.2, 0.25) is 0 Å². The van der Waals surface area contributed by atoms with E-state index in [1.807, 2.05) is 18.7 Å². The molecule has 1 aliphatic rings. The summed E-state index contributed by atoms with van der Waals surface area (Å²) in [5.74, 6) is 0.481. The number of likely N-dealkylation sites (tertiary alicyclic amines) is 1. The van der Waals surface area contributed by atoms with Crippen molar-refractivity contribution < 1.29 is 9.53 Å². The van der Waals surface area contributed by atoms with E-state index in [1.165, 1.54) is 0 Å². The Kier molecular flexibility index (Phi) is 3.50. The Labute approximate surface area is 85.4 Å². The lowest BCUT2D eigenvalue weighted by Crippen LogP contribution is -2.66. The molecular formula is C10H20N2O2. The van der Waals surface area contributed by atoms with Gasteiger partial charge in [0.15, 0.2) is 0 Å². The number of ether oxygens (including phenoxy) is 1. The quantitative estimate of drug-likeness (QED) is 0.706. The van der Waals surface area contributed by atoms with Crippen LogP contribution in [0.5, 0.6) is 0 Å². The second-order valence-corrected chi connectivity index (χ2v) is 4.67. The normalized spacial score (nSPS) is 21.6. The van der Waals surface area contributed by atoms with Gasteiger partial charge in [-0.3, -0.25) is 4.79 Å². The van der Waals surface area contributed by atoms with E-state index in [2.05, 4.69) is 0 Å². The van der Waals surface area contributed by atoms with Crippen LogP contribution in [-0.4, -0.2) is 43.2 Å². The van der Waals surface area contributed by atoms with E-state index < -0.39 is 0 Å². The van der Waals surface area contributed by atoms with Crippen LogP contribution in [0.15, 0.2) is 0 Å². The van der Waals surface area contributed by atoms with Crippen molar-refractivity contribution in [1.82, 2.24) is 4.90 Å². The van der Waals surface area contributed by atoms with Crippen molar-refractivity contribution in [2.75, 3.05) is 26.8 Å². The summed E-state index contributed by atoms with van der Waals surface area (Å²) >= 11 is 0. The van der Waals surface area contributed by atoms with E-state index in [9.17, 15) is 4.79 Å². The third-order valence-electron chi connectivity index (χ3n) is 2.43. The van der Waals surface area contributed by atoms with Crippen LogP contribution in [0.3, 0.4) is 0 Å². The van der Waals surface area contributed by atoms with E-state index in [0.717, 1.165) is 0 Å². The predicted octanol–water partition coefficient (Wildman–Crippen LogP) is 0.219. The molecule has 1 unspecified atom stereocenters. The van der Waals surface area contributed by atoms with Crippen molar-refractivity contribution in [3.05, 3.63) is 0 Å². The molecule has 1 rings (SSSR count). The fourth-order valence-electron chi connectivity index (χ4n) is 1.77. The van der Waals surface area contributed by atoms with E-state index >= 15 is 0 Å². The van der Waals surface area contributed by atoms with Crippen molar-refractivity contribution in [1.29, 1.82) is 0 Å². The molecule has 0 radical (unpaired) electrons. The molecule has 14 heavy (non-hydrogen) atoms. The first kappa shape index (κ1) is 11.5. The van der Waals surface area contributed by atoms with Crippen molar-refractivity contribution >= 4 is 5.91 Å². The second kappa shape index (κ2) is 4.28. The number of nitrogens with two attached hydrogens (primary N) is 1. The molecular weight excluding hydrogens is 180 g/mol. The van der Waals surface area contributed by atoms with Crippen molar-refractivity contribution in [3.63, 3.8) is 0 Å². The highest BCUT2D eigenvalue weighted by Crippen LogP contribution is 2.19. The summed E-state index contributed by atoms with van der Waals surface area (Å²) in [6.07, 6.45) is 0.559. The van der Waals surface area contributed by atoms with Gasteiger partial charge in [0.1, 0.15) is 0 Å². The Hall–Kier alpha value is -0.610. The molecule has 2 N–H and O–H groups in total. The summed E-state index contributed by atoms with van der Waals surface area (Å²) in [7, 11) is 1.65. The summed E-state index contributed by atoms with van der Waals surface area (Å²) in [5, 5.41) is 0.